The second-order valence-electron chi connectivity index (χ2n) is 4.95. The van der Waals surface area contributed by atoms with E-state index in [0.717, 1.165) is 12.1 Å². The molecule has 0 saturated carbocycles. The Morgan fingerprint density at radius 2 is 2.10 bits per heavy atom. The molecule has 1 fully saturated rings. The number of carbonyl (C=O) groups is 1. The summed E-state index contributed by atoms with van der Waals surface area (Å²) in [6.07, 6.45) is -3.88. The predicted molar refractivity (Wildman–Crippen MR) is 67.7 cm³/mol. The first-order chi connectivity index (χ1) is 9.32. The maximum absolute atomic E-state index is 12.6. The fourth-order valence-corrected chi connectivity index (χ4v) is 2.39. The molecule has 1 aromatic carbocycles. The molecule has 6 heteroatoms. The smallest absolute Gasteiger partial charge is 0.380 e. The van der Waals surface area contributed by atoms with Gasteiger partial charge in [0.25, 0.3) is 0 Å². The Morgan fingerprint density at radius 1 is 1.40 bits per heavy atom. The van der Waals surface area contributed by atoms with Gasteiger partial charge in [-0.3, -0.25) is 4.79 Å². The minimum absolute atomic E-state index is 0.0290. The van der Waals surface area contributed by atoms with Gasteiger partial charge in [0.1, 0.15) is 0 Å². The first-order valence-corrected chi connectivity index (χ1v) is 6.31. The number of methoxy groups -OCH3 is 1. The molecule has 0 aliphatic carbocycles. The standard InChI is InChI=1S/C14H16F3NO2/c1-8-5-9(14(15,16)17)3-4-11(8)13(19)12-6-10(20-2)7-18-12/h3-5,10,12,18H,6-7H2,1-2H3. The number of benzene rings is 1. The molecule has 1 aliphatic heterocycles. The number of alkyl halides is 3. The van der Waals surface area contributed by atoms with E-state index in [1.807, 2.05) is 0 Å². The molecule has 0 bridgehead atoms. The van der Waals surface area contributed by atoms with Crippen LogP contribution >= 0.6 is 0 Å². The summed E-state index contributed by atoms with van der Waals surface area (Å²) in [5, 5.41) is 3.03. The molecular formula is C14H16F3NO2. The van der Waals surface area contributed by atoms with Gasteiger partial charge in [-0.25, -0.2) is 0 Å². The van der Waals surface area contributed by atoms with Crippen molar-refractivity contribution in [2.75, 3.05) is 13.7 Å². The van der Waals surface area contributed by atoms with Gasteiger partial charge in [-0.05, 0) is 31.0 Å². The van der Waals surface area contributed by atoms with Crippen LogP contribution in [0.3, 0.4) is 0 Å². The van der Waals surface area contributed by atoms with E-state index in [-0.39, 0.29) is 11.9 Å². The van der Waals surface area contributed by atoms with E-state index >= 15 is 0 Å². The zero-order valence-electron chi connectivity index (χ0n) is 11.3. The summed E-state index contributed by atoms with van der Waals surface area (Å²) in [6, 6.07) is 2.82. The Kier molecular flexibility index (Phi) is 4.15. The first-order valence-electron chi connectivity index (χ1n) is 6.31. The largest absolute Gasteiger partial charge is 0.416 e. The van der Waals surface area contributed by atoms with Gasteiger partial charge >= 0.3 is 6.18 Å². The van der Waals surface area contributed by atoms with Crippen LogP contribution in [0.4, 0.5) is 13.2 Å². The Bertz CT molecular complexity index is 514. The summed E-state index contributed by atoms with van der Waals surface area (Å²) < 4.78 is 42.9. The highest BCUT2D eigenvalue weighted by Gasteiger charge is 2.33. The van der Waals surface area contributed by atoms with E-state index in [1.54, 1.807) is 7.11 Å². The molecule has 0 amide bonds. The zero-order chi connectivity index (χ0) is 14.9. The summed E-state index contributed by atoms with van der Waals surface area (Å²) in [6.45, 7) is 2.10. The molecule has 2 atom stereocenters. The molecule has 3 nitrogen and oxygen atoms in total. The monoisotopic (exact) mass is 287 g/mol. The average molecular weight is 287 g/mol. The molecule has 110 valence electrons. The highest BCUT2D eigenvalue weighted by molar-refractivity contribution is 6.01. The van der Waals surface area contributed by atoms with Gasteiger partial charge in [-0.15, -0.1) is 0 Å². The third kappa shape index (κ3) is 3.02. The number of nitrogens with one attached hydrogen (secondary N) is 1. The topological polar surface area (TPSA) is 38.3 Å². The molecule has 2 unspecified atom stereocenters. The molecule has 0 aromatic heterocycles. The molecule has 1 N–H and O–H groups in total. The molecule has 1 aliphatic rings. The lowest BCUT2D eigenvalue weighted by molar-refractivity contribution is -0.137. The second-order valence-corrected chi connectivity index (χ2v) is 4.95. The SMILES string of the molecule is COC1CNC(C(=O)c2ccc(C(F)(F)F)cc2C)C1. The highest BCUT2D eigenvalue weighted by Crippen LogP contribution is 2.31. The number of hydrogen-bond donors (Lipinski definition) is 1. The molecule has 1 heterocycles. The van der Waals surface area contributed by atoms with Crippen LogP contribution in [0.5, 0.6) is 0 Å². The molecule has 0 spiro atoms. The van der Waals surface area contributed by atoms with E-state index in [4.69, 9.17) is 4.74 Å². The van der Waals surface area contributed by atoms with Crippen LogP contribution in [0.1, 0.15) is 27.9 Å². The maximum atomic E-state index is 12.6. The lowest BCUT2D eigenvalue weighted by Gasteiger charge is -2.13. The zero-order valence-corrected chi connectivity index (χ0v) is 11.3. The molecule has 1 aromatic rings. The molecule has 0 radical (unpaired) electrons. The van der Waals surface area contributed by atoms with Crippen molar-refractivity contribution in [2.45, 2.75) is 31.7 Å². The third-order valence-electron chi connectivity index (χ3n) is 3.56. The van der Waals surface area contributed by atoms with Crippen LogP contribution in [-0.4, -0.2) is 31.6 Å². The van der Waals surface area contributed by atoms with E-state index in [2.05, 4.69) is 5.32 Å². The fourth-order valence-electron chi connectivity index (χ4n) is 2.39. The Labute approximate surface area is 115 Å². The molecule has 1 saturated heterocycles. The van der Waals surface area contributed by atoms with Crippen molar-refractivity contribution >= 4 is 5.78 Å². The summed E-state index contributed by atoms with van der Waals surface area (Å²) in [4.78, 5) is 12.3. The van der Waals surface area contributed by atoms with Gasteiger partial charge in [-0.1, -0.05) is 6.07 Å². The first kappa shape index (κ1) is 15.0. The maximum Gasteiger partial charge on any atom is 0.416 e. The van der Waals surface area contributed by atoms with Gasteiger partial charge in [0.2, 0.25) is 0 Å². The number of Topliss-reactive ketones (excluding diaryl/α,β-unsaturated/α-hetero) is 1. The third-order valence-corrected chi connectivity index (χ3v) is 3.56. The second kappa shape index (κ2) is 5.54. The van der Waals surface area contributed by atoms with E-state index in [0.29, 0.717) is 24.1 Å². The minimum Gasteiger partial charge on any atom is -0.380 e. The van der Waals surface area contributed by atoms with Crippen molar-refractivity contribution in [2.24, 2.45) is 0 Å². The average Bonchev–Trinajstić information content (AvgIpc) is 2.85. The summed E-state index contributed by atoms with van der Waals surface area (Å²) >= 11 is 0. The van der Waals surface area contributed by atoms with Gasteiger partial charge in [0.05, 0.1) is 17.7 Å². The highest BCUT2D eigenvalue weighted by atomic mass is 19.4. The van der Waals surface area contributed by atoms with Gasteiger partial charge in [-0.2, -0.15) is 13.2 Å². The Morgan fingerprint density at radius 3 is 2.60 bits per heavy atom. The quantitative estimate of drug-likeness (QED) is 0.868. The van der Waals surface area contributed by atoms with Crippen LogP contribution in [0.15, 0.2) is 18.2 Å². The van der Waals surface area contributed by atoms with Crippen LogP contribution < -0.4 is 5.32 Å². The lowest BCUT2D eigenvalue weighted by atomic mass is 9.96. The summed E-state index contributed by atoms with van der Waals surface area (Å²) in [7, 11) is 1.57. The fraction of sp³-hybridized carbons (Fsp3) is 0.500. The van der Waals surface area contributed by atoms with Gasteiger partial charge < -0.3 is 10.1 Å². The van der Waals surface area contributed by atoms with E-state index in [9.17, 15) is 18.0 Å². The Balaban J connectivity index is 2.19. The van der Waals surface area contributed by atoms with Crippen molar-refractivity contribution in [3.05, 3.63) is 34.9 Å². The number of halogens is 3. The van der Waals surface area contributed by atoms with Crippen LogP contribution in [-0.2, 0) is 10.9 Å². The number of ether oxygens (including phenoxy) is 1. The molecular weight excluding hydrogens is 271 g/mol. The number of rotatable bonds is 3. The summed E-state index contributed by atoms with van der Waals surface area (Å²) in [5.41, 5.74) is -0.0690. The number of ketones is 1. The van der Waals surface area contributed by atoms with Crippen molar-refractivity contribution in [1.82, 2.24) is 5.32 Å². The Hall–Kier alpha value is -1.40. The normalized spacial score (nSPS) is 23.1. The van der Waals surface area contributed by atoms with Crippen LogP contribution in [0.2, 0.25) is 0 Å². The van der Waals surface area contributed by atoms with Crippen molar-refractivity contribution < 1.29 is 22.7 Å². The van der Waals surface area contributed by atoms with Gasteiger partial charge in [0.15, 0.2) is 5.78 Å². The van der Waals surface area contributed by atoms with Crippen molar-refractivity contribution in [3.63, 3.8) is 0 Å². The van der Waals surface area contributed by atoms with Crippen molar-refractivity contribution in [3.8, 4) is 0 Å². The summed E-state index contributed by atoms with van der Waals surface area (Å²) in [5.74, 6) is -0.184. The predicted octanol–water partition coefficient (Wildman–Crippen LogP) is 2.57. The van der Waals surface area contributed by atoms with E-state index in [1.165, 1.54) is 13.0 Å². The molecule has 20 heavy (non-hydrogen) atoms. The lowest BCUT2D eigenvalue weighted by Crippen LogP contribution is -2.31. The number of carbonyl (C=O) groups excluding carboxylic acids is 1. The van der Waals surface area contributed by atoms with Crippen molar-refractivity contribution in [1.29, 1.82) is 0 Å². The van der Waals surface area contributed by atoms with E-state index < -0.39 is 17.8 Å². The number of hydrogen-bond acceptors (Lipinski definition) is 3. The molecule has 2 rings (SSSR count). The minimum atomic E-state index is -4.39. The van der Waals surface area contributed by atoms with Gasteiger partial charge in [0, 0.05) is 19.2 Å². The van der Waals surface area contributed by atoms with Crippen LogP contribution in [0.25, 0.3) is 0 Å². The number of aryl methyl sites for hydroxylation is 1. The van der Waals surface area contributed by atoms with Crippen LogP contribution in [0, 0.1) is 6.92 Å².